The van der Waals surface area contributed by atoms with E-state index in [4.69, 9.17) is 4.42 Å². The normalized spacial score (nSPS) is 11.7. The summed E-state index contributed by atoms with van der Waals surface area (Å²) < 4.78 is 8.84. The van der Waals surface area contributed by atoms with Crippen LogP contribution in [0.2, 0.25) is 0 Å². The largest absolute Gasteiger partial charge is 0.456 e. The lowest BCUT2D eigenvalue weighted by Crippen LogP contribution is -2.10. The number of hydrogen-bond donors (Lipinski definition) is 0. The SMILES string of the molecule is c1ccc(-c2ccc(N(c3cccc4cc5oc6ccccc6c5cc34)c3cccc4c3sc3ccccc34)cc2)cc1. The van der Waals surface area contributed by atoms with Crippen molar-refractivity contribution in [1.82, 2.24) is 0 Å². The van der Waals surface area contributed by atoms with Crippen molar-refractivity contribution in [3.8, 4) is 11.1 Å². The summed E-state index contributed by atoms with van der Waals surface area (Å²) in [6.45, 7) is 0. The van der Waals surface area contributed by atoms with Gasteiger partial charge in [0.25, 0.3) is 0 Å². The van der Waals surface area contributed by atoms with Gasteiger partial charge in [0, 0.05) is 37.3 Å². The van der Waals surface area contributed by atoms with Gasteiger partial charge < -0.3 is 9.32 Å². The molecule has 0 bridgehead atoms. The number of hydrogen-bond acceptors (Lipinski definition) is 3. The Balaban J connectivity index is 1.33. The zero-order valence-corrected chi connectivity index (χ0v) is 24.0. The summed E-state index contributed by atoms with van der Waals surface area (Å²) in [6.07, 6.45) is 0. The summed E-state index contributed by atoms with van der Waals surface area (Å²) in [5, 5.41) is 7.19. The molecule has 0 N–H and O–H groups in total. The Morgan fingerprint density at radius 2 is 1.14 bits per heavy atom. The third-order valence-electron chi connectivity index (χ3n) is 8.45. The van der Waals surface area contributed by atoms with Crippen molar-refractivity contribution in [2.45, 2.75) is 0 Å². The number of thiophene rings is 1. The predicted molar refractivity (Wildman–Crippen MR) is 184 cm³/mol. The Bertz CT molecular complexity index is 2450. The van der Waals surface area contributed by atoms with Gasteiger partial charge in [-0.1, -0.05) is 103 Å². The van der Waals surface area contributed by atoms with Crippen LogP contribution >= 0.6 is 11.3 Å². The maximum absolute atomic E-state index is 6.26. The van der Waals surface area contributed by atoms with Crippen LogP contribution in [0.3, 0.4) is 0 Å². The molecule has 3 heteroatoms. The highest BCUT2D eigenvalue weighted by molar-refractivity contribution is 7.26. The molecular weight excluding hydrogens is 543 g/mol. The number of furan rings is 1. The van der Waals surface area contributed by atoms with Crippen LogP contribution < -0.4 is 4.90 Å². The van der Waals surface area contributed by atoms with Crippen LogP contribution in [0.15, 0.2) is 156 Å². The van der Waals surface area contributed by atoms with Gasteiger partial charge in [-0.25, -0.2) is 0 Å². The first-order chi connectivity index (χ1) is 21.3. The molecule has 0 spiro atoms. The highest BCUT2D eigenvalue weighted by Gasteiger charge is 2.21. The van der Waals surface area contributed by atoms with E-state index in [9.17, 15) is 0 Å². The van der Waals surface area contributed by atoms with Crippen LogP contribution in [-0.4, -0.2) is 0 Å². The molecule has 0 aliphatic rings. The van der Waals surface area contributed by atoms with E-state index in [1.165, 1.54) is 42.4 Å². The molecular formula is C40H25NOS. The lowest BCUT2D eigenvalue weighted by molar-refractivity contribution is 0.669. The Kier molecular flexibility index (Phi) is 5.40. The molecule has 0 saturated carbocycles. The predicted octanol–water partition coefficient (Wildman–Crippen LogP) is 12.2. The summed E-state index contributed by atoms with van der Waals surface area (Å²) in [7, 11) is 0. The van der Waals surface area contributed by atoms with Crippen molar-refractivity contribution in [3.63, 3.8) is 0 Å². The fourth-order valence-corrected chi connectivity index (χ4v) is 7.63. The molecule has 202 valence electrons. The first-order valence-electron chi connectivity index (χ1n) is 14.5. The summed E-state index contributed by atoms with van der Waals surface area (Å²) in [5.74, 6) is 0. The minimum absolute atomic E-state index is 0.913. The van der Waals surface area contributed by atoms with E-state index in [1.54, 1.807) is 0 Å². The topological polar surface area (TPSA) is 16.4 Å². The first-order valence-corrected chi connectivity index (χ1v) is 15.3. The Hall–Kier alpha value is -5.38. The van der Waals surface area contributed by atoms with Gasteiger partial charge in [0.15, 0.2) is 0 Å². The second-order valence-corrected chi connectivity index (χ2v) is 12.0. The molecule has 0 unspecified atom stereocenters. The minimum Gasteiger partial charge on any atom is -0.456 e. The van der Waals surface area contributed by atoms with E-state index in [2.05, 4.69) is 144 Å². The smallest absolute Gasteiger partial charge is 0.136 e. The summed E-state index contributed by atoms with van der Waals surface area (Å²) in [5.41, 5.74) is 7.68. The maximum atomic E-state index is 6.26. The standard InChI is InChI=1S/C40H25NOS/c1-2-10-26(11-3-1)27-20-22-29(23-21-27)41(36-17-9-15-32-31-14-5-7-19-39(31)43-40(32)36)35-16-8-12-28-24-38-34(25-33(28)35)30-13-4-6-18-37(30)42-38/h1-25H. The fourth-order valence-electron chi connectivity index (χ4n) is 6.42. The molecule has 0 atom stereocenters. The fraction of sp³-hybridized carbons (Fsp3) is 0. The number of anilines is 3. The van der Waals surface area contributed by atoms with Crippen LogP contribution in [0.4, 0.5) is 17.1 Å². The Morgan fingerprint density at radius 1 is 0.442 bits per heavy atom. The zero-order chi connectivity index (χ0) is 28.3. The molecule has 0 fully saturated rings. The molecule has 2 nitrogen and oxygen atoms in total. The summed E-state index contributed by atoms with van der Waals surface area (Å²) in [4.78, 5) is 2.43. The molecule has 0 aliphatic carbocycles. The van der Waals surface area contributed by atoms with Gasteiger partial charge in [0.05, 0.1) is 16.1 Å². The van der Waals surface area contributed by atoms with Crippen LogP contribution in [0.1, 0.15) is 0 Å². The Morgan fingerprint density at radius 3 is 2.02 bits per heavy atom. The van der Waals surface area contributed by atoms with Crippen molar-refractivity contribution in [3.05, 3.63) is 152 Å². The molecule has 0 radical (unpaired) electrons. The lowest BCUT2D eigenvalue weighted by atomic mass is 10.0. The number of benzene rings is 7. The van der Waals surface area contributed by atoms with Crippen LogP contribution in [0, 0.1) is 0 Å². The second-order valence-electron chi connectivity index (χ2n) is 10.9. The quantitative estimate of drug-likeness (QED) is 0.210. The second kappa shape index (κ2) is 9.59. The molecule has 9 rings (SSSR count). The molecule has 2 heterocycles. The molecule has 0 aliphatic heterocycles. The number of fused-ring (bicyclic) bond motifs is 7. The van der Waals surface area contributed by atoms with Gasteiger partial charge in [-0.05, 0) is 65.0 Å². The molecule has 9 aromatic rings. The van der Waals surface area contributed by atoms with E-state index >= 15 is 0 Å². The Labute approximate surface area is 252 Å². The average molecular weight is 568 g/mol. The number of para-hydroxylation sites is 1. The molecule has 2 aromatic heterocycles. The summed E-state index contributed by atoms with van der Waals surface area (Å²) >= 11 is 1.86. The molecule has 0 amide bonds. The average Bonchev–Trinajstić information content (AvgIpc) is 3.63. The minimum atomic E-state index is 0.913. The third kappa shape index (κ3) is 3.86. The molecule has 43 heavy (non-hydrogen) atoms. The maximum Gasteiger partial charge on any atom is 0.136 e. The first kappa shape index (κ1) is 24.2. The van der Waals surface area contributed by atoms with Gasteiger partial charge in [0.1, 0.15) is 11.2 Å². The van der Waals surface area contributed by atoms with Crippen LogP contribution in [0.25, 0.3) is 64.0 Å². The van der Waals surface area contributed by atoms with Crippen molar-refractivity contribution < 1.29 is 4.42 Å². The lowest BCUT2D eigenvalue weighted by Gasteiger charge is -2.27. The van der Waals surface area contributed by atoms with Crippen molar-refractivity contribution in [2.24, 2.45) is 0 Å². The van der Waals surface area contributed by atoms with Gasteiger partial charge in [-0.15, -0.1) is 11.3 Å². The third-order valence-corrected chi connectivity index (χ3v) is 9.66. The van der Waals surface area contributed by atoms with E-state index in [1.807, 2.05) is 23.5 Å². The van der Waals surface area contributed by atoms with Crippen molar-refractivity contribution >= 4 is 81.3 Å². The van der Waals surface area contributed by atoms with Gasteiger partial charge in [0.2, 0.25) is 0 Å². The van der Waals surface area contributed by atoms with Crippen LogP contribution in [0.5, 0.6) is 0 Å². The number of rotatable bonds is 4. The monoisotopic (exact) mass is 567 g/mol. The van der Waals surface area contributed by atoms with Gasteiger partial charge >= 0.3 is 0 Å². The van der Waals surface area contributed by atoms with Crippen molar-refractivity contribution in [1.29, 1.82) is 0 Å². The highest BCUT2D eigenvalue weighted by Crippen LogP contribution is 2.47. The molecule has 0 saturated heterocycles. The van der Waals surface area contributed by atoms with Crippen molar-refractivity contribution in [2.75, 3.05) is 4.90 Å². The zero-order valence-electron chi connectivity index (χ0n) is 23.2. The van der Waals surface area contributed by atoms with Gasteiger partial charge in [-0.3, -0.25) is 0 Å². The van der Waals surface area contributed by atoms with Gasteiger partial charge in [-0.2, -0.15) is 0 Å². The van der Waals surface area contributed by atoms with E-state index < -0.39 is 0 Å². The number of nitrogens with zero attached hydrogens (tertiary/aromatic N) is 1. The molecule has 7 aromatic carbocycles. The van der Waals surface area contributed by atoms with E-state index in [0.29, 0.717) is 0 Å². The van der Waals surface area contributed by atoms with Crippen LogP contribution in [-0.2, 0) is 0 Å². The highest BCUT2D eigenvalue weighted by atomic mass is 32.1. The van der Waals surface area contributed by atoms with E-state index in [0.717, 1.165) is 38.7 Å². The van der Waals surface area contributed by atoms with E-state index in [-0.39, 0.29) is 0 Å². The summed E-state index contributed by atoms with van der Waals surface area (Å²) in [6, 6.07) is 54.3.